The summed E-state index contributed by atoms with van der Waals surface area (Å²) in [6.45, 7) is 4.65. The third kappa shape index (κ3) is 1.90. The van der Waals surface area contributed by atoms with Gasteiger partial charge in [-0.25, -0.2) is 4.79 Å². The summed E-state index contributed by atoms with van der Waals surface area (Å²) in [5, 5.41) is 9.07. The fourth-order valence-electron chi connectivity index (χ4n) is 2.29. The molecule has 0 bridgehead atoms. The fraction of sp³-hybridized carbons (Fsp3) is 0.462. The minimum absolute atomic E-state index is 0.443. The summed E-state index contributed by atoms with van der Waals surface area (Å²) >= 11 is 0. The molecule has 0 saturated carbocycles. The summed E-state index contributed by atoms with van der Waals surface area (Å²) in [6, 6.07) is 5.81. The first kappa shape index (κ1) is 11.0. The van der Waals surface area contributed by atoms with Crippen LogP contribution in [0.15, 0.2) is 18.2 Å². The van der Waals surface area contributed by atoms with E-state index in [9.17, 15) is 4.79 Å². The summed E-state index contributed by atoms with van der Waals surface area (Å²) in [7, 11) is 0. The number of anilines is 1. The van der Waals surface area contributed by atoms with Crippen LogP contribution in [-0.4, -0.2) is 23.7 Å². The van der Waals surface area contributed by atoms with Crippen molar-refractivity contribution in [1.29, 1.82) is 0 Å². The number of hydrogen-bond acceptors (Lipinski definition) is 2. The number of fused-ring (bicyclic) bond motifs is 1. The van der Waals surface area contributed by atoms with E-state index < -0.39 is 12.0 Å². The van der Waals surface area contributed by atoms with Gasteiger partial charge in [-0.2, -0.15) is 0 Å². The second kappa shape index (κ2) is 4.16. The molecular formula is C13H17NO2. The molecule has 1 aromatic carbocycles. The molecule has 0 radical (unpaired) electrons. The molecule has 2 rings (SSSR count). The van der Waals surface area contributed by atoms with Crippen LogP contribution in [0.4, 0.5) is 5.69 Å². The molecule has 86 valence electrons. The van der Waals surface area contributed by atoms with E-state index >= 15 is 0 Å². The molecule has 0 amide bonds. The topological polar surface area (TPSA) is 40.5 Å². The molecule has 1 N–H and O–H groups in total. The molecule has 0 spiro atoms. The second-order valence-electron chi connectivity index (χ2n) is 4.44. The Kier molecular flexibility index (Phi) is 2.86. The lowest BCUT2D eigenvalue weighted by Gasteiger charge is -2.34. The van der Waals surface area contributed by atoms with E-state index in [1.807, 2.05) is 17.0 Å². The SMILES string of the molecule is Cc1ccc2c(c1)CCCN2C(C)C(=O)O. The van der Waals surface area contributed by atoms with Gasteiger partial charge >= 0.3 is 5.97 Å². The summed E-state index contributed by atoms with van der Waals surface area (Å²) in [5.41, 5.74) is 3.61. The minimum atomic E-state index is -0.756. The Morgan fingerprint density at radius 3 is 2.94 bits per heavy atom. The van der Waals surface area contributed by atoms with Crippen LogP contribution in [-0.2, 0) is 11.2 Å². The normalized spacial score (nSPS) is 16.8. The van der Waals surface area contributed by atoms with Crippen LogP contribution in [0, 0.1) is 6.92 Å². The number of carboxylic acids is 1. The standard InChI is InChI=1S/C13H17NO2/c1-9-5-6-12-11(8-9)4-3-7-14(12)10(2)13(15)16/h5-6,8,10H,3-4,7H2,1-2H3,(H,15,16). The van der Waals surface area contributed by atoms with Crippen LogP contribution in [0.1, 0.15) is 24.5 Å². The van der Waals surface area contributed by atoms with Gasteiger partial charge in [0.2, 0.25) is 0 Å². The predicted molar refractivity (Wildman–Crippen MR) is 63.9 cm³/mol. The van der Waals surface area contributed by atoms with E-state index in [1.54, 1.807) is 6.92 Å². The summed E-state index contributed by atoms with van der Waals surface area (Å²) in [6.07, 6.45) is 2.09. The lowest BCUT2D eigenvalue weighted by atomic mass is 9.98. The first-order valence-corrected chi connectivity index (χ1v) is 5.68. The maximum absolute atomic E-state index is 11.0. The van der Waals surface area contributed by atoms with Crippen molar-refractivity contribution in [1.82, 2.24) is 0 Å². The van der Waals surface area contributed by atoms with Gasteiger partial charge in [-0.3, -0.25) is 0 Å². The molecule has 3 nitrogen and oxygen atoms in total. The Morgan fingerprint density at radius 2 is 2.25 bits per heavy atom. The van der Waals surface area contributed by atoms with Gasteiger partial charge in [-0.15, -0.1) is 0 Å². The van der Waals surface area contributed by atoms with Gasteiger partial charge < -0.3 is 10.0 Å². The Bertz CT molecular complexity index is 414. The van der Waals surface area contributed by atoms with E-state index in [0.29, 0.717) is 0 Å². The van der Waals surface area contributed by atoms with Crippen molar-refractivity contribution in [2.75, 3.05) is 11.4 Å². The van der Waals surface area contributed by atoms with Gasteiger partial charge in [-0.05, 0) is 38.3 Å². The molecule has 1 aliphatic heterocycles. The summed E-state index contributed by atoms with van der Waals surface area (Å²) < 4.78 is 0. The van der Waals surface area contributed by atoms with Crippen LogP contribution >= 0.6 is 0 Å². The number of aryl methyl sites for hydroxylation is 2. The van der Waals surface area contributed by atoms with Crippen molar-refractivity contribution >= 4 is 11.7 Å². The van der Waals surface area contributed by atoms with Crippen molar-refractivity contribution in [3.05, 3.63) is 29.3 Å². The minimum Gasteiger partial charge on any atom is -0.480 e. The number of carbonyl (C=O) groups is 1. The highest BCUT2D eigenvalue weighted by molar-refractivity contribution is 5.78. The Balaban J connectivity index is 2.36. The zero-order valence-electron chi connectivity index (χ0n) is 9.73. The fourth-order valence-corrected chi connectivity index (χ4v) is 2.29. The molecule has 16 heavy (non-hydrogen) atoms. The zero-order chi connectivity index (χ0) is 11.7. The molecular weight excluding hydrogens is 202 g/mol. The Morgan fingerprint density at radius 1 is 1.50 bits per heavy atom. The van der Waals surface area contributed by atoms with Crippen LogP contribution in [0.25, 0.3) is 0 Å². The van der Waals surface area contributed by atoms with Crippen molar-refractivity contribution in [2.45, 2.75) is 32.7 Å². The smallest absolute Gasteiger partial charge is 0.326 e. The average molecular weight is 219 g/mol. The lowest BCUT2D eigenvalue weighted by Crippen LogP contribution is -2.42. The summed E-state index contributed by atoms with van der Waals surface area (Å²) in [4.78, 5) is 13.0. The lowest BCUT2D eigenvalue weighted by molar-refractivity contribution is -0.138. The highest BCUT2D eigenvalue weighted by Crippen LogP contribution is 2.29. The van der Waals surface area contributed by atoms with E-state index in [0.717, 1.165) is 25.1 Å². The van der Waals surface area contributed by atoms with Crippen molar-refractivity contribution < 1.29 is 9.90 Å². The quantitative estimate of drug-likeness (QED) is 0.829. The first-order valence-electron chi connectivity index (χ1n) is 5.68. The van der Waals surface area contributed by atoms with Gasteiger partial charge in [-0.1, -0.05) is 17.7 Å². The molecule has 0 aliphatic carbocycles. The molecule has 3 heteroatoms. The Hall–Kier alpha value is -1.51. The molecule has 0 saturated heterocycles. The van der Waals surface area contributed by atoms with E-state index in [1.165, 1.54) is 11.1 Å². The van der Waals surface area contributed by atoms with Crippen molar-refractivity contribution in [3.8, 4) is 0 Å². The van der Waals surface area contributed by atoms with E-state index in [-0.39, 0.29) is 0 Å². The van der Waals surface area contributed by atoms with Crippen LogP contribution in [0.5, 0.6) is 0 Å². The third-order valence-electron chi connectivity index (χ3n) is 3.21. The first-order chi connectivity index (χ1) is 7.59. The van der Waals surface area contributed by atoms with Crippen LogP contribution in [0.3, 0.4) is 0 Å². The zero-order valence-corrected chi connectivity index (χ0v) is 9.73. The predicted octanol–water partition coefficient (Wildman–Crippen LogP) is 2.22. The highest BCUT2D eigenvalue weighted by Gasteiger charge is 2.25. The maximum Gasteiger partial charge on any atom is 0.326 e. The molecule has 0 fully saturated rings. The molecule has 1 aromatic rings. The van der Waals surface area contributed by atoms with Crippen molar-refractivity contribution in [3.63, 3.8) is 0 Å². The monoisotopic (exact) mass is 219 g/mol. The Labute approximate surface area is 95.7 Å². The average Bonchev–Trinajstić information content (AvgIpc) is 2.26. The second-order valence-corrected chi connectivity index (χ2v) is 4.44. The number of nitrogens with zero attached hydrogens (tertiary/aromatic N) is 1. The number of hydrogen-bond donors (Lipinski definition) is 1. The van der Waals surface area contributed by atoms with Crippen molar-refractivity contribution in [2.24, 2.45) is 0 Å². The number of carboxylic acid groups (broad SMARTS) is 1. The molecule has 0 aromatic heterocycles. The number of rotatable bonds is 2. The van der Waals surface area contributed by atoms with E-state index in [4.69, 9.17) is 5.11 Å². The van der Waals surface area contributed by atoms with Crippen LogP contribution in [0.2, 0.25) is 0 Å². The maximum atomic E-state index is 11.0. The number of aliphatic carboxylic acids is 1. The molecule has 1 aliphatic rings. The molecule has 1 atom stereocenters. The van der Waals surface area contributed by atoms with Gasteiger partial charge in [0.25, 0.3) is 0 Å². The van der Waals surface area contributed by atoms with Crippen LogP contribution < -0.4 is 4.90 Å². The van der Waals surface area contributed by atoms with Gasteiger partial charge in [0.1, 0.15) is 6.04 Å². The molecule has 1 unspecified atom stereocenters. The van der Waals surface area contributed by atoms with Gasteiger partial charge in [0.15, 0.2) is 0 Å². The largest absolute Gasteiger partial charge is 0.480 e. The summed E-state index contributed by atoms with van der Waals surface area (Å²) in [5.74, 6) is -0.756. The van der Waals surface area contributed by atoms with Gasteiger partial charge in [0, 0.05) is 12.2 Å². The highest BCUT2D eigenvalue weighted by atomic mass is 16.4. The molecule has 1 heterocycles. The van der Waals surface area contributed by atoms with Gasteiger partial charge in [0.05, 0.1) is 0 Å². The number of benzene rings is 1. The van der Waals surface area contributed by atoms with E-state index in [2.05, 4.69) is 13.0 Å². The third-order valence-corrected chi connectivity index (χ3v) is 3.21.